The molecule has 3 aromatic rings. The second-order valence-corrected chi connectivity index (χ2v) is 8.04. The van der Waals surface area contributed by atoms with Crippen molar-refractivity contribution in [2.24, 2.45) is 0 Å². The summed E-state index contributed by atoms with van der Waals surface area (Å²) in [6, 6.07) is 19.0. The van der Waals surface area contributed by atoms with E-state index in [4.69, 9.17) is 0 Å². The van der Waals surface area contributed by atoms with Crippen LogP contribution in [0.4, 0.5) is 10.1 Å². The summed E-state index contributed by atoms with van der Waals surface area (Å²) in [7, 11) is -3.82. The molecule has 0 aliphatic carbocycles. The molecule has 0 radical (unpaired) electrons. The van der Waals surface area contributed by atoms with Crippen molar-refractivity contribution in [1.29, 1.82) is 0 Å². The molecule has 0 bridgehead atoms. The van der Waals surface area contributed by atoms with Gasteiger partial charge in [0.2, 0.25) is 15.9 Å². The van der Waals surface area contributed by atoms with Gasteiger partial charge in [-0.2, -0.15) is 0 Å². The summed E-state index contributed by atoms with van der Waals surface area (Å²) in [4.78, 5) is 12.4. The zero-order chi connectivity index (χ0) is 19.4. The van der Waals surface area contributed by atoms with E-state index >= 15 is 0 Å². The summed E-state index contributed by atoms with van der Waals surface area (Å²) in [6.07, 6.45) is 0.942. The van der Waals surface area contributed by atoms with Crippen LogP contribution in [0, 0.1) is 5.82 Å². The van der Waals surface area contributed by atoms with Gasteiger partial charge in [-0.3, -0.25) is 9.10 Å². The topological polar surface area (TPSA) is 66.5 Å². The average molecular weight is 386 g/mol. The first-order valence-corrected chi connectivity index (χ1v) is 10.2. The molecule has 0 aromatic heterocycles. The monoisotopic (exact) mass is 386 g/mol. The Morgan fingerprint density at radius 2 is 1.67 bits per heavy atom. The van der Waals surface area contributed by atoms with Gasteiger partial charge in [0.25, 0.3) is 0 Å². The third-order valence-electron chi connectivity index (χ3n) is 4.16. The number of carbonyl (C=O) groups is 1. The van der Waals surface area contributed by atoms with Crippen LogP contribution in [0.1, 0.15) is 5.56 Å². The highest BCUT2D eigenvalue weighted by molar-refractivity contribution is 7.92. The zero-order valence-electron chi connectivity index (χ0n) is 14.7. The zero-order valence-corrected chi connectivity index (χ0v) is 15.5. The Bertz CT molecular complexity index is 1080. The van der Waals surface area contributed by atoms with Crippen molar-refractivity contribution >= 4 is 32.4 Å². The van der Waals surface area contributed by atoms with Crippen LogP contribution in [0.3, 0.4) is 0 Å². The van der Waals surface area contributed by atoms with Gasteiger partial charge >= 0.3 is 0 Å². The molecule has 0 fully saturated rings. The molecule has 5 nitrogen and oxygen atoms in total. The number of benzene rings is 3. The maximum absolute atomic E-state index is 14.0. The third-order valence-corrected chi connectivity index (χ3v) is 5.29. The van der Waals surface area contributed by atoms with E-state index in [1.165, 1.54) is 18.2 Å². The molecule has 0 unspecified atom stereocenters. The van der Waals surface area contributed by atoms with Crippen LogP contribution in [0.25, 0.3) is 10.8 Å². The summed E-state index contributed by atoms with van der Waals surface area (Å²) in [5.41, 5.74) is 0.763. The van der Waals surface area contributed by atoms with Crippen LogP contribution >= 0.6 is 0 Å². The summed E-state index contributed by atoms with van der Waals surface area (Å²) < 4.78 is 38.9. The number of rotatable bonds is 6. The van der Waals surface area contributed by atoms with E-state index in [0.717, 1.165) is 33.0 Å². The number of halogens is 1. The lowest BCUT2D eigenvalue weighted by molar-refractivity contribution is -0.119. The van der Waals surface area contributed by atoms with Crippen molar-refractivity contribution < 1.29 is 17.6 Å². The Balaban J connectivity index is 1.76. The largest absolute Gasteiger partial charge is 0.350 e. The molecular formula is C20H19FN2O3S. The van der Waals surface area contributed by atoms with Crippen LogP contribution in [-0.2, 0) is 21.4 Å². The average Bonchev–Trinajstić information content (AvgIpc) is 2.64. The van der Waals surface area contributed by atoms with Gasteiger partial charge in [-0.25, -0.2) is 12.8 Å². The lowest BCUT2D eigenvalue weighted by Gasteiger charge is -2.22. The molecule has 1 N–H and O–H groups in total. The van der Waals surface area contributed by atoms with Crippen molar-refractivity contribution in [3.8, 4) is 0 Å². The Morgan fingerprint density at radius 3 is 2.41 bits per heavy atom. The molecule has 0 aliphatic rings. The van der Waals surface area contributed by atoms with Crippen molar-refractivity contribution in [2.45, 2.75) is 6.54 Å². The Labute approximate surface area is 157 Å². The van der Waals surface area contributed by atoms with E-state index in [0.29, 0.717) is 0 Å². The Hall–Kier alpha value is -2.93. The smallest absolute Gasteiger partial charge is 0.241 e. The number of amides is 1. The number of anilines is 1. The molecule has 1 amide bonds. The molecule has 3 aromatic carbocycles. The fourth-order valence-electron chi connectivity index (χ4n) is 2.86. The molecule has 0 saturated heterocycles. The van der Waals surface area contributed by atoms with Gasteiger partial charge in [0, 0.05) is 6.54 Å². The maximum Gasteiger partial charge on any atom is 0.241 e. The normalized spacial score (nSPS) is 11.3. The van der Waals surface area contributed by atoms with E-state index in [1.807, 2.05) is 42.5 Å². The van der Waals surface area contributed by atoms with Crippen LogP contribution < -0.4 is 9.62 Å². The number of hydrogen-bond donors (Lipinski definition) is 1. The molecule has 3 rings (SSSR count). The minimum absolute atomic E-state index is 0.152. The number of sulfonamides is 1. The SMILES string of the molecule is CS(=O)(=O)N(CC(=O)NCc1cccc2ccccc12)c1ccccc1F. The lowest BCUT2D eigenvalue weighted by atomic mass is 10.0. The van der Waals surface area contributed by atoms with Gasteiger partial charge in [-0.05, 0) is 28.5 Å². The standard InChI is InChI=1S/C20H19FN2O3S/c1-27(25,26)23(19-12-5-4-11-18(19)21)14-20(24)22-13-16-9-6-8-15-7-2-3-10-17(15)16/h2-12H,13-14H2,1H3,(H,22,24). The molecule has 0 spiro atoms. The van der Waals surface area contributed by atoms with Crippen molar-refractivity contribution in [2.75, 3.05) is 17.1 Å². The molecule has 0 saturated carbocycles. The fourth-order valence-corrected chi connectivity index (χ4v) is 3.72. The van der Waals surface area contributed by atoms with Crippen LogP contribution in [-0.4, -0.2) is 27.1 Å². The first-order valence-electron chi connectivity index (χ1n) is 8.32. The summed E-state index contributed by atoms with van der Waals surface area (Å²) in [6.45, 7) is -0.250. The minimum atomic E-state index is -3.82. The highest BCUT2D eigenvalue weighted by Gasteiger charge is 2.23. The predicted octanol–water partition coefficient (Wildman–Crippen LogP) is 3.06. The number of nitrogens with zero attached hydrogens (tertiary/aromatic N) is 1. The number of fused-ring (bicyclic) bond motifs is 1. The number of para-hydroxylation sites is 1. The molecule has 7 heteroatoms. The van der Waals surface area contributed by atoms with Crippen LogP contribution in [0.15, 0.2) is 66.7 Å². The van der Waals surface area contributed by atoms with Gasteiger partial charge < -0.3 is 5.32 Å². The third kappa shape index (κ3) is 4.43. The number of hydrogen-bond acceptors (Lipinski definition) is 3. The second kappa shape index (κ2) is 7.75. The summed E-state index contributed by atoms with van der Waals surface area (Å²) in [5, 5.41) is 4.77. The van der Waals surface area contributed by atoms with Crippen molar-refractivity contribution in [3.05, 3.63) is 78.1 Å². The van der Waals surface area contributed by atoms with E-state index in [1.54, 1.807) is 0 Å². The van der Waals surface area contributed by atoms with Gasteiger partial charge in [0.15, 0.2) is 0 Å². The Morgan fingerprint density at radius 1 is 1.00 bits per heavy atom. The van der Waals surface area contributed by atoms with E-state index in [-0.39, 0.29) is 12.2 Å². The first kappa shape index (κ1) is 18.8. The highest BCUT2D eigenvalue weighted by Crippen LogP contribution is 2.21. The van der Waals surface area contributed by atoms with Crippen LogP contribution in [0.2, 0.25) is 0 Å². The molecular weight excluding hydrogens is 367 g/mol. The quantitative estimate of drug-likeness (QED) is 0.708. The molecule has 0 atom stereocenters. The molecule has 140 valence electrons. The van der Waals surface area contributed by atoms with E-state index in [9.17, 15) is 17.6 Å². The lowest BCUT2D eigenvalue weighted by Crippen LogP contribution is -2.40. The number of carbonyl (C=O) groups excluding carboxylic acids is 1. The van der Waals surface area contributed by atoms with Gasteiger partial charge in [-0.15, -0.1) is 0 Å². The van der Waals surface area contributed by atoms with Crippen molar-refractivity contribution in [3.63, 3.8) is 0 Å². The minimum Gasteiger partial charge on any atom is -0.350 e. The second-order valence-electron chi connectivity index (χ2n) is 6.14. The summed E-state index contributed by atoms with van der Waals surface area (Å²) in [5.74, 6) is -1.22. The van der Waals surface area contributed by atoms with Crippen molar-refractivity contribution in [1.82, 2.24) is 5.32 Å². The molecule has 0 aliphatic heterocycles. The van der Waals surface area contributed by atoms with Gasteiger partial charge in [0.05, 0.1) is 11.9 Å². The van der Waals surface area contributed by atoms with Crippen LogP contribution in [0.5, 0.6) is 0 Å². The Kier molecular flexibility index (Phi) is 5.41. The van der Waals surface area contributed by atoms with E-state index in [2.05, 4.69) is 5.32 Å². The maximum atomic E-state index is 14.0. The van der Waals surface area contributed by atoms with Gasteiger partial charge in [-0.1, -0.05) is 54.6 Å². The molecule has 0 heterocycles. The van der Waals surface area contributed by atoms with E-state index < -0.39 is 28.3 Å². The summed E-state index contributed by atoms with van der Waals surface area (Å²) >= 11 is 0. The predicted molar refractivity (Wildman–Crippen MR) is 104 cm³/mol. The molecule has 27 heavy (non-hydrogen) atoms. The van der Waals surface area contributed by atoms with Gasteiger partial charge in [0.1, 0.15) is 12.4 Å². The number of nitrogens with one attached hydrogen (secondary N) is 1. The first-order chi connectivity index (χ1) is 12.9. The fraction of sp³-hybridized carbons (Fsp3) is 0.150. The highest BCUT2D eigenvalue weighted by atomic mass is 32.2.